The van der Waals surface area contributed by atoms with Crippen LogP contribution in [0.1, 0.15) is 18.9 Å². The molecule has 0 saturated heterocycles. The van der Waals surface area contributed by atoms with Crippen molar-refractivity contribution in [3.63, 3.8) is 0 Å². The van der Waals surface area contributed by atoms with Crippen LogP contribution < -0.4 is 19.5 Å². The Morgan fingerprint density at radius 2 is 1.65 bits per heavy atom. The van der Waals surface area contributed by atoms with Crippen LogP contribution in [0.25, 0.3) is 0 Å². The molecule has 0 aliphatic heterocycles. The maximum absolute atomic E-state index is 5.68. The van der Waals surface area contributed by atoms with Crippen LogP contribution >= 0.6 is 0 Å². The van der Waals surface area contributed by atoms with Gasteiger partial charge >= 0.3 is 0 Å². The second-order valence-electron chi connectivity index (χ2n) is 4.35. The summed E-state index contributed by atoms with van der Waals surface area (Å²) in [6.45, 7) is 4.87. The first-order valence-corrected chi connectivity index (χ1v) is 6.84. The summed E-state index contributed by atoms with van der Waals surface area (Å²) in [5.74, 6) is 1.97. The number of rotatable bonds is 10. The monoisotopic (exact) mass is 283 g/mol. The first-order valence-electron chi connectivity index (χ1n) is 6.84. The fourth-order valence-electron chi connectivity index (χ4n) is 1.82. The van der Waals surface area contributed by atoms with Gasteiger partial charge in [-0.05, 0) is 30.7 Å². The topological polar surface area (TPSA) is 49.0 Å². The number of nitrogens with one attached hydrogen (secondary N) is 1. The average molecular weight is 283 g/mol. The molecular weight excluding hydrogens is 258 g/mol. The number of ether oxygens (including phenoxy) is 4. The molecule has 0 heterocycles. The molecule has 1 rings (SSSR count). The Balaban J connectivity index is 2.86. The number of methoxy groups -OCH3 is 3. The largest absolute Gasteiger partial charge is 0.493 e. The molecule has 114 valence electrons. The summed E-state index contributed by atoms with van der Waals surface area (Å²) in [6, 6.07) is 3.93. The van der Waals surface area contributed by atoms with Gasteiger partial charge in [0.1, 0.15) is 6.61 Å². The second kappa shape index (κ2) is 9.44. The molecule has 5 nitrogen and oxygen atoms in total. The van der Waals surface area contributed by atoms with Gasteiger partial charge in [0.05, 0.1) is 20.8 Å². The molecule has 0 saturated carbocycles. The minimum Gasteiger partial charge on any atom is -0.493 e. The lowest BCUT2D eigenvalue weighted by atomic mass is 10.1. The highest BCUT2D eigenvalue weighted by Crippen LogP contribution is 2.38. The molecule has 0 aromatic heterocycles. The standard InChI is InChI=1S/C15H25NO4/c1-5-6-16-11-12-9-13(18-3)15(14(10-12)19-4)20-8-7-17-2/h9-10,16H,5-8,11H2,1-4H3. The lowest BCUT2D eigenvalue weighted by molar-refractivity contribution is 0.142. The Morgan fingerprint density at radius 1 is 1.00 bits per heavy atom. The highest BCUT2D eigenvalue weighted by Gasteiger charge is 2.14. The van der Waals surface area contributed by atoms with E-state index in [1.807, 2.05) is 12.1 Å². The fourth-order valence-corrected chi connectivity index (χ4v) is 1.82. The van der Waals surface area contributed by atoms with E-state index in [2.05, 4.69) is 12.2 Å². The van der Waals surface area contributed by atoms with Crippen molar-refractivity contribution in [2.45, 2.75) is 19.9 Å². The summed E-state index contributed by atoms with van der Waals surface area (Å²) in [6.07, 6.45) is 1.10. The zero-order valence-corrected chi connectivity index (χ0v) is 12.8. The van der Waals surface area contributed by atoms with E-state index in [-0.39, 0.29) is 0 Å². The van der Waals surface area contributed by atoms with E-state index in [1.165, 1.54) is 0 Å². The summed E-state index contributed by atoms with van der Waals surface area (Å²) in [5, 5.41) is 3.35. The minimum atomic E-state index is 0.455. The highest BCUT2D eigenvalue weighted by atomic mass is 16.6. The Bertz CT molecular complexity index is 370. The molecule has 1 aromatic rings. The van der Waals surface area contributed by atoms with Crippen LogP contribution in [0.2, 0.25) is 0 Å². The number of hydrogen-bond donors (Lipinski definition) is 1. The third kappa shape index (κ3) is 4.90. The molecule has 0 amide bonds. The molecule has 0 bridgehead atoms. The SMILES string of the molecule is CCCNCc1cc(OC)c(OCCOC)c(OC)c1. The van der Waals surface area contributed by atoms with Gasteiger partial charge in [0, 0.05) is 13.7 Å². The molecule has 0 fully saturated rings. The van der Waals surface area contributed by atoms with Crippen LogP contribution in [-0.2, 0) is 11.3 Å². The maximum Gasteiger partial charge on any atom is 0.203 e. The third-order valence-corrected chi connectivity index (χ3v) is 2.81. The summed E-state index contributed by atoms with van der Waals surface area (Å²) >= 11 is 0. The van der Waals surface area contributed by atoms with E-state index in [0.29, 0.717) is 30.5 Å². The second-order valence-corrected chi connectivity index (χ2v) is 4.35. The quantitative estimate of drug-likeness (QED) is 0.667. The van der Waals surface area contributed by atoms with Gasteiger partial charge in [-0.3, -0.25) is 0 Å². The zero-order valence-electron chi connectivity index (χ0n) is 12.8. The molecule has 1 aromatic carbocycles. The van der Waals surface area contributed by atoms with Crippen molar-refractivity contribution in [3.8, 4) is 17.2 Å². The summed E-state index contributed by atoms with van der Waals surface area (Å²) in [7, 11) is 4.89. The van der Waals surface area contributed by atoms with E-state index in [9.17, 15) is 0 Å². The molecule has 0 radical (unpaired) electrons. The molecule has 5 heteroatoms. The van der Waals surface area contributed by atoms with Crippen molar-refractivity contribution >= 4 is 0 Å². The van der Waals surface area contributed by atoms with E-state index in [4.69, 9.17) is 18.9 Å². The van der Waals surface area contributed by atoms with Crippen molar-refractivity contribution in [2.24, 2.45) is 0 Å². The van der Waals surface area contributed by atoms with Crippen LogP contribution in [0.3, 0.4) is 0 Å². The smallest absolute Gasteiger partial charge is 0.203 e. The minimum absolute atomic E-state index is 0.455. The van der Waals surface area contributed by atoms with Crippen LogP contribution in [0.15, 0.2) is 12.1 Å². The molecule has 0 atom stereocenters. The van der Waals surface area contributed by atoms with E-state index < -0.39 is 0 Å². The lowest BCUT2D eigenvalue weighted by Gasteiger charge is -2.16. The van der Waals surface area contributed by atoms with Gasteiger partial charge in [-0.25, -0.2) is 0 Å². The fraction of sp³-hybridized carbons (Fsp3) is 0.600. The first-order chi connectivity index (χ1) is 9.76. The molecule has 20 heavy (non-hydrogen) atoms. The number of benzene rings is 1. The predicted octanol–water partition coefficient (Wildman–Crippen LogP) is 2.23. The van der Waals surface area contributed by atoms with Gasteiger partial charge in [0.2, 0.25) is 5.75 Å². The molecular formula is C15H25NO4. The van der Waals surface area contributed by atoms with E-state index in [0.717, 1.165) is 25.1 Å². The molecule has 0 spiro atoms. The Morgan fingerprint density at radius 3 is 2.15 bits per heavy atom. The lowest BCUT2D eigenvalue weighted by Crippen LogP contribution is -2.14. The molecule has 0 aliphatic carbocycles. The van der Waals surface area contributed by atoms with Gasteiger partial charge in [0.25, 0.3) is 0 Å². The van der Waals surface area contributed by atoms with Crippen molar-refractivity contribution in [2.75, 3.05) is 41.1 Å². The van der Waals surface area contributed by atoms with Gasteiger partial charge in [-0.2, -0.15) is 0 Å². The maximum atomic E-state index is 5.68. The molecule has 0 unspecified atom stereocenters. The Hall–Kier alpha value is -1.46. The molecule has 1 N–H and O–H groups in total. The van der Waals surface area contributed by atoms with E-state index in [1.54, 1.807) is 21.3 Å². The first kappa shape index (κ1) is 16.6. The predicted molar refractivity (Wildman–Crippen MR) is 78.9 cm³/mol. The summed E-state index contributed by atoms with van der Waals surface area (Å²) in [4.78, 5) is 0. The zero-order chi connectivity index (χ0) is 14.8. The summed E-state index contributed by atoms with van der Waals surface area (Å²) < 4.78 is 21.4. The summed E-state index contributed by atoms with van der Waals surface area (Å²) in [5.41, 5.74) is 1.10. The average Bonchev–Trinajstić information content (AvgIpc) is 2.48. The Labute approximate surface area is 121 Å². The van der Waals surface area contributed by atoms with Crippen molar-refractivity contribution in [1.82, 2.24) is 5.32 Å². The van der Waals surface area contributed by atoms with E-state index >= 15 is 0 Å². The molecule has 0 aliphatic rings. The number of hydrogen-bond acceptors (Lipinski definition) is 5. The van der Waals surface area contributed by atoms with Crippen molar-refractivity contribution < 1.29 is 18.9 Å². The van der Waals surface area contributed by atoms with Crippen LogP contribution in [0.4, 0.5) is 0 Å². The van der Waals surface area contributed by atoms with Gasteiger partial charge in [0.15, 0.2) is 11.5 Å². The van der Waals surface area contributed by atoms with Crippen molar-refractivity contribution in [3.05, 3.63) is 17.7 Å². The van der Waals surface area contributed by atoms with Crippen LogP contribution in [0.5, 0.6) is 17.2 Å². The third-order valence-electron chi connectivity index (χ3n) is 2.81. The van der Waals surface area contributed by atoms with Gasteiger partial charge in [-0.15, -0.1) is 0 Å². The van der Waals surface area contributed by atoms with Crippen LogP contribution in [0, 0.1) is 0 Å². The Kier molecular flexibility index (Phi) is 7.84. The van der Waals surface area contributed by atoms with Gasteiger partial charge < -0.3 is 24.3 Å². The van der Waals surface area contributed by atoms with Gasteiger partial charge in [-0.1, -0.05) is 6.92 Å². The van der Waals surface area contributed by atoms with Crippen LogP contribution in [-0.4, -0.2) is 41.1 Å². The highest BCUT2D eigenvalue weighted by molar-refractivity contribution is 5.53. The normalized spacial score (nSPS) is 10.4. The van der Waals surface area contributed by atoms with Crippen molar-refractivity contribution in [1.29, 1.82) is 0 Å².